The first-order chi connectivity index (χ1) is 13.7. The van der Waals surface area contributed by atoms with Crippen molar-refractivity contribution < 1.29 is 22.8 Å². The van der Waals surface area contributed by atoms with Gasteiger partial charge in [0, 0.05) is 23.2 Å². The number of rotatable bonds is 5. The van der Waals surface area contributed by atoms with Crippen molar-refractivity contribution in [2.24, 2.45) is 0 Å². The second kappa shape index (κ2) is 8.31. The van der Waals surface area contributed by atoms with E-state index in [0.29, 0.717) is 22.4 Å². The van der Waals surface area contributed by atoms with Crippen LogP contribution in [0.15, 0.2) is 72.8 Å². The standard InChI is InChI=1S/C23H18F3NO2/c1-15-5-2-3-8-20(15)22(29)27-19-11-9-17(10-12-19)21(28)14-16-6-4-7-18(13-16)23(24,25)26/h2-13H,14H2,1H3,(H,27,29). The van der Waals surface area contributed by atoms with Crippen molar-refractivity contribution in [3.05, 3.63) is 101 Å². The topological polar surface area (TPSA) is 46.2 Å². The monoisotopic (exact) mass is 397 g/mol. The molecule has 6 heteroatoms. The number of halogens is 3. The Bertz CT molecular complexity index is 1040. The van der Waals surface area contributed by atoms with Gasteiger partial charge in [-0.1, -0.05) is 36.4 Å². The van der Waals surface area contributed by atoms with Crippen molar-refractivity contribution in [1.82, 2.24) is 0 Å². The third kappa shape index (κ3) is 5.10. The van der Waals surface area contributed by atoms with Crippen LogP contribution >= 0.6 is 0 Å². The average molecular weight is 397 g/mol. The lowest BCUT2D eigenvalue weighted by Crippen LogP contribution is -2.13. The van der Waals surface area contributed by atoms with E-state index < -0.39 is 11.7 Å². The third-order valence-electron chi connectivity index (χ3n) is 4.47. The highest BCUT2D eigenvalue weighted by Gasteiger charge is 2.30. The fraction of sp³-hybridized carbons (Fsp3) is 0.130. The number of hydrogen-bond donors (Lipinski definition) is 1. The van der Waals surface area contributed by atoms with E-state index in [1.807, 2.05) is 19.1 Å². The van der Waals surface area contributed by atoms with Crippen molar-refractivity contribution in [1.29, 1.82) is 0 Å². The first-order valence-corrected chi connectivity index (χ1v) is 8.90. The van der Waals surface area contributed by atoms with Crippen LogP contribution in [0.4, 0.5) is 18.9 Å². The molecule has 3 nitrogen and oxygen atoms in total. The first-order valence-electron chi connectivity index (χ1n) is 8.90. The van der Waals surface area contributed by atoms with Crippen LogP contribution in [-0.4, -0.2) is 11.7 Å². The predicted octanol–water partition coefficient (Wildman–Crippen LogP) is 5.69. The third-order valence-corrected chi connectivity index (χ3v) is 4.47. The van der Waals surface area contributed by atoms with Gasteiger partial charge in [0.1, 0.15) is 0 Å². The van der Waals surface area contributed by atoms with Gasteiger partial charge < -0.3 is 5.32 Å². The Labute approximate surface area is 166 Å². The molecule has 0 atom stereocenters. The number of Topliss-reactive ketones (excluding diaryl/α,β-unsaturated/α-hetero) is 1. The first kappa shape index (κ1) is 20.3. The molecule has 0 aliphatic rings. The van der Waals surface area contributed by atoms with E-state index in [9.17, 15) is 22.8 Å². The van der Waals surface area contributed by atoms with Crippen LogP contribution in [0.25, 0.3) is 0 Å². The maximum absolute atomic E-state index is 12.8. The number of amides is 1. The highest BCUT2D eigenvalue weighted by molar-refractivity contribution is 6.05. The molecule has 0 spiro atoms. The van der Waals surface area contributed by atoms with E-state index in [2.05, 4.69) is 5.32 Å². The zero-order chi connectivity index (χ0) is 21.0. The Morgan fingerprint density at radius 1 is 0.897 bits per heavy atom. The molecule has 0 heterocycles. The lowest BCUT2D eigenvalue weighted by molar-refractivity contribution is -0.137. The lowest BCUT2D eigenvalue weighted by Gasteiger charge is -2.09. The molecular weight excluding hydrogens is 379 g/mol. The molecule has 0 aliphatic carbocycles. The molecule has 148 valence electrons. The lowest BCUT2D eigenvalue weighted by atomic mass is 10.0. The Morgan fingerprint density at radius 3 is 2.24 bits per heavy atom. The van der Waals surface area contributed by atoms with Gasteiger partial charge in [0.25, 0.3) is 5.91 Å². The van der Waals surface area contributed by atoms with Gasteiger partial charge >= 0.3 is 6.18 Å². The summed E-state index contributed by atoms with van der Waals surface area (Å²) in [6, 6.07) is 18.2. The van der Waals surface area contributed by atoms with Gasteiger partial charge in [-0.25, -0.2) is 0 Å². The molecule has 0 unspecified atom stereocenters. The number of carbonyl (C=O) groups excluding carboxylic acids is 2. The summed E-state index contributed by atoms with van der Waals surface area (Å²) in [6.45, 7) is 1.84. The molecule has 3 aromatic rings. The van der Waals surface area contributed by atoms with Gasteiger partial charge in [-0.2, -0.15) is 13.2 Å². The van der Waals surface area contributed by atoms with E-state index in [-0.39, 0.29) is 18.1 Å². The summed E-state index contributed by atoms with van der Waals surface area (Å²) in [5.74, 6) is -0.563. The predicted molar refractivity (Wildman–Crippen MR) is 105 cm³/mol. The summed E-state index contributed by atoms with van der Waals surface area (Å²) in [5.41, 5.74) is 1.79. The van der Waals surface area contributed by atoms with Crippen molar-refractivity contribution in [2.75, 3.05) is 5.32 Å². The van der Waals surface area contributed by atoms with Crippen LogP contribution in [0, 0.1) is 6.92 Å². The summed E-state index contributed by atoms with van der Waals surface area (Å²) >= 11 is 0. The average Bonchev–Trinajstić information content (AvgIpc) is 2.68. The summed E-state index contributed by atoms with van der Waals surface area (Å²) in [6.07, 6.45) is -4.59. The molecule has 0 saturated heterocycles. The maximum Gasteiger partial charge on any atom is 0.416 e. The Balaban J connectivity index is 1.68. The Kier molecular flexibility index (Phi) is 5.82. The van der Waals surface area contributed by atoms with Crippen LogP contribution in [0.3, 0.4) is 0 Å². The molecule has 3 rings (SSSR count). The molecule has 0 saturated carbocycles. The number of hydrogen-bond acceptors (Lipinski definition) is 2. The number of carbonyl (C=O) groups is 2. The van der Waals surface area contributed by atoms with Crippen LogP contribution in [0.2, 0.25) is 0 Å². The summed E-state index contributed by atoms with van der Waals surface area (Å²) in [4.78, 5) is 24.7. The second-order valence-corrected chi connectivity index (χ2v) is 6.64. The quantitative estimate of drug-likeness (QED) is 0.562. The van der Waals surface area contributed by atoms with Gasteiger partial charge in [0.2, 0.25) is 0 Å². The van der Waals surface area contributed by atoms with E-state index in [0.717, 1.165) is 17.7 Å². The second-order valence-electron chi connectivity index (χ2n) is 6.64. The molecule has 29 heavy (non-hydrogen) atoms. The van der Waals surface area contributed by atoms with Crippen molar-refractivity contribution >= 4 is 17.4 Å². The summed E-state index contributed by atoms with van der Waals surface area (Å²) in [7, 11) is 0. The number of anilines is 1. The van der Waals surface area contributed by atoms with Crippen molar-refractivity contribution in [2.45, 2.75) is 19.5 Å². The van der Waals surface area contributed by atoms with Crippen molar-refractivity contribution in [3.8, 4) is 0 Å². The minimum absolute atomic E-state index is 0.140. The zero-order valence-corrected chi connectivity index (χ0v) is 15.6. The van der Waals surface area contributed by atoms with Gasteiger partial charge in [0.15, 0.2) is 5.78 Å². The number of nitrogens with one attached hydrogen (secondary N) is 1. The zero-order valence-electron chi connectivity index (χ0n) is 15.6. The normalized spacial score (nSPS) is 11.2. The van der Waals surface area contributed by atoms with Gasteiger partial charge in [-0.3, -0.25) is 9.59 Å². The van der Waals surface area contributed by atoms with Gasteiger partial charge in [-0.15, -0.1) is 0 Å². The molecule has 0 aliphatic heterocycles. The van der Waals surface area contributed by atoms with Crippen LogP contribution in [0.5, 0.6) is 0 Å². The van der Waals surface area contributed by atoms with E-state index in [4.69, 9.17) is 0 Å². The molecule has 0 aromatic heterocycles. The molecular formula is C23H18F3NO2. The van der Waals surface area contributed by atoms with Crippen LogP contribution < -0.4 is 5.32 Å². The largest absolute Gasteiger partial charge is 0.416 e. The highest BCUT2D eigenvalue weighted by Crippen LogP contribution is 2.29. The summed E-state index contributed by atoms with van der Waals surface area (Å²) < 4.78 is 38.4. The van der Waals surface area contributed by atoms with Crippen LogP contribution in [-0.2, 0) is 12.6 Å². The van der Waals surface area contributed by atoms with Crippen molar-refractivity contribution in [3.63, 3.8) is 0 Å². The Morgan fingerprint density at radius 2 is 1.59 bits per heavy atom. The Hall–Kier alpha value is -3.41. The van der Waals surface area contributed by atoms with Gasteiger partial charge in [-0.05, 0) is 54.4 Å². The number of benzene rings is 3. The number of alkyl halides is 3. The minimum atomic E-state index is -4.45. The van der Waals surface area contributed by atoms with E-state index in [1.54, 1.807) is 36.4 Å². The molecule has 1 N–H and O–H groups in total. The molecule has 0 fully saturated rings. The number of ketones is 1. The van der Waals surface area contributed by atoms with E-state index in [1.165, 1.54) is 12.1 Å². The smallest absolute Gasteiger partial charge is 0.322 e. The maximum atomic E-state index is 12.8. The van der Waals surface area contributed by atoms with E-state index >= 15 is 0 Å². The molecule has 1 amide bonds. The minimum Gasteiger partial charge on any atom is -0.322 e. The number of aryl methyl sites for hydroxylation is 1. The SMILES string of the molecule is Cc1ccccc1C(=O)Nc1ccc(C(=O)Cc2cccc(C(F)(F)F)c2)cc1. The summed E-state index contributed by atoms with van der Waals surface area (Å²) in [5, 5.41) is 2.76. The van der Waals surface area contributed by atoms with Gasteiger partial charge in [0.05, 0.1) is 5.56 Å². The fourth-order valence-electron chi connectivity index (χ4n) is 2.91. The molecule has 3 aromatic carbocycles. The molecule has 0 bridgehead atoms. The fourth-order valence-corrected chi connectivity index (χ4v) is 2.91. The van der Waals surface area contributed by atoms with Crippen LogP contribution in [0.1, 0.15) is 37.4 Å². The highest BCUT2D eigenvalue weighted by atomic mass is 19.4. The molecule has 0 radical (unpaired) electrons.